The minimum absolute atomic E-state index is 0.0337. The van der Waals surface area contributed by atoms with E-state index in [2.05, 4.69) is 10.3 Å². The molecule has 0 saturated carbocycles. The SMILES string of the molecule is O=C(Nc1nc(-c2cccc(F)c2)cs1)c1ccc([N+](=O)[O-])cc1Cl. The summed E-state index contributed by atoms with van der Waals surface area (Å²) in [6.45, 7) is 0. The van der Waals surface area contributed by atoms with Gasteiger partial charge in [0.15, 0.2) is 5.13 Å². The first-order valence-corrected chi connectivity index (χ1v) is 8.16. The van der Waals surface area contributed by atoms with Crippen molar-refractivity contribution < 1.29 is 14.1 Å². The highest BCUT2D eigenvalue weighted by molar-refractivity contribution is 7.14. The molecule has 1 N–H and O–H groups in total. The fourth-order valence-electron chi connectivity index (χ4n) is 2.08. The number of nitro benzene ring substituents is 1. The molecule has 2 aromatic carbocycles. The summed E-state index contributed by atoms with van der Waals surface area (Å²) in [4.78, 5) is 26.6. The topological polar surface area (TPSA) is 85.1 Å². The number of amides is 1. The Bertz CT molecular complexity index is 977. The molecule has 0 unspecified atom stereocenters. The van der Waals surface area contributed by atoms with E-state index in [-0.39, 0.29) is 22.1 Å². The molecule has 0 aliphatic rings. The van der Waals surface area contributed by atoms with Crippen molar-refractivity contribution in [3.63, 3.8) is 0 Å². The van der Waals surface area contributed by atoms with E-state index in [1.165, 1.54) is 35.6 Å². The van der Waals surface area contributed by atoms with Gasteiger partial charge in [-0.15, -0.1) is 11.3 Å². The first-order valence-electron chi connectivity index (χ1n) is 6.91. The van der Waals surface area contributed by atoms with Crippen molar-refractivity contribution in [3.8, 4) is 11.3 Å². The molecule has 0 aliphatic heterocycles. The Balaban J connectivity index is 1.79. The molecule has 1 aromatic heterocycles. The lowest BCUT2D eigenvalue weighted by atomic mass is 10.2. The first kappa shape index (κ1) is 17.0. The zero-order valence-electron chi connectivity index (χ0n) is 12.4. The summed E-state index contributed by atoms with van der Waals surface area (Å²) >= 11 is 7.10. The van der Waals surface area contributed by atoms with E-state index in [1.807, 2.05) is 0 Å². The molecule has 126 valence electrons. The van der Waals surface area contributed by atoms with Gasteiger partial charge in [0.05, 0.1) is 21.2 Å². The zero-order chi connectivity index (χ0) is 18.0. The summed E-state index contributed by atoms with van der Waals surface area (Å²) in [6, 6.07) is 9.52. The van der Waals surface area contributed by atoms with Crippen LogP contribution in [0.1, 0.15) is 10.4 Å². The highest BCUT2D eigenvalue weighted by Gasteiger charge is 2.16. The van der Waals surface area contributed by atoms with E-state index in [0.717, 1.165) is 6.07 Å². The van der Waals surface area contributed by atoms with E-state index in [9.17, 15) is 19.3 Å². The Hall–Kier alpha value is -2.84. The lowest BCUT2D eigenvalue weighted by Crippen LogP contribution is -2.12. The number of halogens is 2. The summed E-state index contributed by atoms with van der Waals surface area (Å²) < 4.78 is 13.3. The lowest BCUT2D eigenvalue weighted by Gasteiger charge is -2.04. The molecule has 0 aliphatic carbocycles. The Labute approximate surface area is 150 Å². The third-order valence-electron chi connectivity index (χ3n) is 3.25. The van der Waals surface area contributed by atoms with Crippen molar-refractivity contribution in [2.24, 2.45) is 0 Å². The number of nitrogens with one attached hydrogen (secondary N) is 1. The van der Waals surface area contributed by atoms with Gasteiger partial charge in [-0.1, -0.05) is 23.7 Å². The van der Waals surface area contributed by atoms with Crippen LogP contribution in [-0.2, 0) is 0 Å². The van der Waals surface area contributed by atoms with Crippen LogP contribution in [0.25, 0.3) is 11.3 Å². The molecule has 6 nitrogen and oxygen atoms in total. The number of rotatable bonds is 4. The number of hydrogen-bond donors (Lipinski definition) is 1. The highest BCUT2D eigenvalue weighted by Crippen LogP contribution is 2.27. The van der Waals surface area contributed by atoms with Crippen LogP contribution in [-0.4, -0.2) is 15.8 Å². The molecule has 0 fully saturated rings. The summed E-state index contributed by atoms with van der Waals surface area (Å²) in [5.41, 5.74) is 0.999. The third kappa shape index (κ3) is 3.81. The van der Waals surface area contributed by atoms with Gasteiger partial charge < -0.3 is 0 Å². The molecule has 0 radical (unpaired) electrons. The summed E-state index contributed by atoms with van der Waals surface area (Å²) in [6.07, 6.45) is 0. The van der Waals surface area contributed by atoms with Crippen molar-refractivity contribution in [2.45, 2.75) is 0 Å². The average molecular weight is 378 g/mol. The summed E-state index contributed by atoms with van der Waals surface area (Å²) in [5, 5.41) is 15.2. The van der Waals surface area contributed by atoms with Crippen LogP contribution in [0.5, 0.6) is 0 Å². The Kier molecular flexibility index (Phi) is 4.73. The maximum atomic E-state index is 13.3. The van der Waals surface area contributed by atoms with Crippen LogP contribution in [0.2, 0.25) is 5.02 Å². The van der Waals surface area contributed by atoms with E-state index < -0.39 is 10.8 Å². The molecular weight excluding hydrogens is 369 g/mol. The van der Waals surface area contributed by atoms with E-state index in [1.54, 1.807) is 17.5 Å². The monoisotopic (exact) mass is 377 g/mol. The van der Waals surface area contributed by atoms with Gasteiger partial charge in [0, 0.05) is 23.1 Å². The Morgan fingerprint density at radius 1 is 1.28 bits per heavy atom. The van der Waals surface area contributed by atoms with Crippen LogP contribution < -0.4 is 5.32 Å². The molecule has 0 spiro atoms. The number of nitro groups is 1. The van der Waals surface area contributed by atoms with Crippen LogP contribution in [0, 0.1) is 15.9 Å². The zero-order valence-corrected chi connectivity index (χ0v) is 14.0. The molecule has 3 aromatic rings. The number of carbonyl (C=O) groups excluding carboxylic acids is 1. The molecule has 9 heteroatoms. The molecule has 3 rings (SSSR count). The number of carbonyl (C=O) groups is 1. The second-order valence-corrected chi connectivity index (χ2v) is 6.19. The van der Waals surface area contributed by atoms with Crippen molar-refractivity contribution in [1.82, 2.24) is 4.98 Å². The van der Waals surface area contributed by atoms with Crippen LogP contribution >= 0.6 is 22.9 Å². The molecule has 0 saturated heterocycles. The maximum Gasteiger partial charge on any atom is 0.270 e. The van der Waals surface area contributed by atoms with Gasteiger partial charge in [0.25, 0.3) is 11.6 Å². The van der Waals surface area contributed by atoms with Gasteiger partial charge in [-0.2, -0.15) is 0 Å². The van der Waals surface area contributed by atoms with Crippen molar-refractivity contribution in [1.29, 1.82) is 0 Å². The van der Waals surface area contributed by atoms with Crippen molar-refractivity contribution in [2.75, 3.05) is 5.32 Å². The first-order chi connectivity index (χ1) is 11.9. The van der Waals surface area contributed by atoms with Gasteiger partial charge in [-0.05, 0) is 18.2 Å². The number of benzene rings is 2. The summed E-state index contributed by atoms with van der Waals surface area (Å²) in [7, 11) is 0. The van der Waals surface area contributed by atoms with E-state index in [0.29, 0.717) is 16.4 Å². The van der Waals surface area contributed by atoms with Gasteiger partial charge >= 0.3 is 0 Å². The Morgan fingerprint density at radius 3 is 2.76 bits per heavy atom. The number of thiazole rings is 1. The van der Waals surface area contributed by atoms with Crippen LogP contribution in [0.15, 0.2) is 47.8 Å². The molecular formula is C16H9ClFN3O3S. The smallest absolute Gasteiger partial charge is 0.270 e. The minimum Gasteiger partial charge on any atom is -0.298 e. The second kappa shape index (κ2) is 6.96. The maximum absolute atomic E-state index is 13.3. The van der Waals surface area contributed by atoms with Crippen LogP contribution in [0.3, 0.4) is 0 Å². The lowest BCUT2D eigenvalue weighted by molar-refractivity contribution is -0.384. The van der Waals surface area contributed by atoms with E-state index in [4.69, 9.17) is 11.6 Å². The standard InChI is InChI=1S/C16H9ClFN3O3S/c17-13-7-11(21(23)24)4-5-12(13)15(22)20-16-19-14(8-25-16)9-2-1-3-10(18)6-9/h1-8H,(H,19,20,22). The van der Waals surface area contributed by atoms with Crippen molar-refractivity contribution >= 4 is 39.7 Å². The predicted molar refractivity (Wildman–Crippen MR) is 93.6 cm³/mol. The largest absolute Gasteiger partial charge is 0.298 e. The van der Waals surface area contributed by atoms with Gasteiger partial charge in [-0.25, -0.2) is 9.37 Å². The normalized spacial score (nSPS) is 10.5. The molecule has 25 heavy (non-hydrogen) atoms. The number of hydrogen-bond acceptors (Lipinski definition) is 5. The highest BCUT2D eigenvalue weighted by atomic mass is 35.5. The molecule has 0 bridgehead atoms. The van der Waals surface area contributed by atoms with E-state index >= 15 is 0 Å². The number of anilines is 1. The van der Waals surface area contributed by atoms with Gasteiger partial charge in [-0.3, -0.25) is 20.2 Å². The number of non-ortho nitro benzene ring substituents is 1. The molecule has 0 atom stereocenters. The quantitative estimate of drug-likeness (QED) is 0.524. The Morgan fingerprint density at radius 2 is 2.08 bits per heavy atom. The van der Waals surface area contributed by atoms with Crippen molar-refractivity contribution in [3.05, 3.63) is 74.4 Å². The fourth-order valence-corrected chi connectivity index (χ4v) is 3.05. The molecule has 1 heterocycles. The number of nitrogens with zero attached hydrogens (tertiary/aromatic N) is 2. The summed E-state index contributed by atoms with van der Waals surface area (Å²) in [5.74, 6) is -0.922. The number of aromatic nitrogens is 1. The third-order valence-corrected chi connectivity index (χ3v) is 4.32. The predicted octanol–water partition coefficient (Wildman–Crippen LogP) is 4.76. The minimum atomic E-state index is -0.598. The second-order valence-electron chi connectivity index (χ2n) is 4.92. The average Bonchev–Trinajstić information content (AvgIpc) is 3.03. The van der Waals surface area contributed by atoms with Crippen LogP contribution in [0.4, 0.5) is 15.2 Å². The van der Waals surface area contributed by atoms with Gasteiger partial charge in [0.1, 0.15) is 5.82 Å². The fraction of sp³-hybridized carbons (Fsp3) is 0. The van der Waals surface area contributed by atoms with Gasteiger partial charge in [0.2, 0.25) is 0 Å². The molecule has 1 amide bonds.